The van der Waals surface area contributed by atoms with E-state index in [9.17, 15) is 4.79 Å². The molecule has 2 aliphatic rings. The molecular formula is C15H23ClN2OS. The first-order valence-electron chi connectivity index (χ1n) is 7.33. The van der Waals surface area contributed by atoms with Gasteiger partial charge in [-0.3, -0.25) is 4.79 Å². The molecule has 3 N–H and O–H groups in total. The molecule has 112 valence electrons. The molecule has 0 bridgehead atoms. The molecule has 2 fully saturated rings. The quantitative estimate of drug-likeness (QED) is 0.877. The van der Waals surface area contributed by atoms with E-state index in [1.807, 2.05) is 0 Å². The molecule has 3 rings (SSSR count). The van der Waals surface area contributed by atoms with E-state index in [0.29, 0.717) is 18.4 Å². The van der Waals surface area contributed by atoms with Crippen LogP contribution in [-0.4, -0.2) is 12.5 Å². The van der Waals surface area contributed by atoms with Crippen molar-refractivity contribution in [3.63, 3.8) is 0 Å². The van der Waals surface area contributed by atoms with Crippen molar-refractivity contribution in [2.45, 2.75) is 38.1 Å². The zero-order chi connectivity index (χ0) is 13.2. The largest absolute Gasteiger partial charge is 0.348 e. The first kappa shape index (κ1) is 15.8. The van der Waals surface area contributed by atoms with E-state index in [4.69, 9.17) is 5.73 Å². The lowest BCUT2D eigenvalue weighted by Crippen LogP contribution is -2.37. The molecule has 3 nitrogen and oxygen atoms in total. The van der Waals surface area contributed by atoms with Gasteiger partial charge in [-0.05, 0) is 55.5 Å². The molecule has 3 atom stereocenters. The topological polar surface area (TPSA) is 55.1 Å². The van der Waals surface area contributed by atoms with Gasteiger partial charge in [0.25, 0.3) is 0 Å². The van der Waals surface area contributed by atoms with Gasteiger partial charge in [0.15, 0.2) is 0 Å². The zero-order valence-corrected chi connectivity index (χ0v) is 13.2. The Morgan fingerprint density at radius 2 is 2.20 bits per heavy atom. The molecule has 2 aliphatic carbocycles. The molecule has 0 aromatic carbocycles. The lowest BCUT2D eigenvalue weighted by molar-refractivity contribution is -0.126. The van der Waals surface area contributed by atoms with Crippen LogP contribution in [0.15, 0.2) is 17.5 Å². The fraction of sp³-hybridized carbons (Fsp3) is 0.667. The molecule has 1 aromatic heterocycles. The third kappa shape index (κ3) is 3.35. The Labute approximate surface area is 130 Å². The number of carbonyl (C=O) groups excluding carboxylic acids is 1. The Hall–Kier alpha value is -0.580. The van der Waals surface area contributed by atoms with Crippen LogP contribution in [0.5, 0.6) is 0 Å². The maximum atomic E-state index is 12.5. The number of nitrogens with one attached hydrogen (secondary N) is 1. The van der Waals surface area contributed by atoms with Gasteiger partial charge in [-0.25, -0.2) is 0 Å². The highest BCUT2D eigenvalue weighted by atomic mass is 35.5. The third-order valence-electron chi connectivity index (χ3n) is 4.54. The Bertz CT molecular complexity index is 433. The number of amides is 1. The lowest BCUT2D eigenvalue weighted by atomic mass is 9.94. The summed E-state index contributed by atoms with van der Waals surface area (Å²) in [5, 5.41) is 5.40. The third-order valence-corrected chi connectivity index (χ3v) is 5.49. The minimum absolute atomic E-state index is 0. The van der Waals surface area contributed by atoms with E-state index in [0.717, 1.165) is 19.3 Å². The van der Waals surface area contributed by atoms with E-state index in [1.165, 1.54) is 17.7 Å². The normalized spacial score (nSPS) is 26.9. The van der Waals surface area contributed by atoms with Gasteiger partial charge in [0, 0.05) is 10.8 Å². The first-order valence-corrected chi connectivity index (χ1v) is 8.21. The predicted molar refractivity (Wildman–Crippen MR) is 85.1 cm³/mol. The minimum atomic E-state index is 0. The van der Waals surface area contributed by atoms with Crippen LogP contribution < -0.4 is 11.1 Å². The highest BCUT2D eigenvalue weighted by Crippen LogP contribution is 2.43. The summed E-state index contributed by atoms with van der Waals surface area (Å²) >= 11 is 1.75. The number of thiophene rings is 1. The van der Waals surface area contributed by atoms with Crippen molar-refractivity contribution >= 4 is 29.7 Å². The molecule has 0 aliphatic heterocycles. The zero-order valence-electron chi connectivity index (χ0n) is 11.6. The monoisotopic (exact) mass is 314 g/mol. The first-order chi connectivity index (χ1) is 9.29. The van der Waals surface area contributed by atoms with E-state index < -0.39 is 0 Å². The van der Waals surface area contributed by atoms with Crippen LogP contribution in [0.3, 0.4) is 0 Å². The molecule has 1 heterocycles. The SMILES string of the molecule is Cl.NC[C@H]1CCC[C@H]1C(=O)NC(c1cccs1)C1CC1. The van der Waals surface area contributed by atoms with Gasteiger partial charge in [0.2, 0.25) is 5.91 Å². The number of rotatable bonds is 5. The summed E-state index contributed by atoms with van der Waals surface area (Å²) in [4.78, 5) is 13.8. The Kier molecular flexibility index (Phi) is 5.47. The summed E-state index contributed by atoms with van der Waals surface area (Å²) in [5.74, 6) is 1.42. The highest BCUT2D eigenvalue weighted by Gasteiger charge is 2.37. The number of halogens is 1. The summed E-state index contributed by atoms with van der Waals surface area (Å²) in [6, 6.07) is 4.45. The molecule has 1 aromatic rings. The summed E-state index contributed by atoms with van der Waals surface area (Å²) in [7, 11) is 0. The number of carbonyl (C=O) groups is 1. The van der Waals surface area contributed by atoms with Crippen LogP contribution >= 0.6 is 23.7 Å². The van der Waals surface area contributed by atoms with Crippen LogP contribution in [0.25, 0.3) is 0 Å². The lowest BCUT2D eigenvalue weighted by Gasteiger charge is -2.22. The molecular weight excluding hydrogens is 292 g/mol. The van der Waals surface area contributed by atoms with Crippen LogP contribution in [-0.2, 0) is 4.79 Å². The molecule has 0 saturated heterocycles. The van der Waals surface area contributed by atoms with Crippen LogP contribution in [0.1, 0.15) is 43.0 Å². The fourth-order valence-electron chi connectivity index (χ4n) is 3.24. The average Bonchev–Trinajstić information content (AvgIpc) is 2.95. The smallest absolute Gasteiger partial charge is 0.223 e. The fourth-order valence-corrected chi connectivity index (χ4v) is 4.11. The van der Waals surface area contributed by atoms with E-state index in [-0.39, 0.29) is 30.3 Å². The maximum absolute atomic E-state index is 12.5. The summed E-state index contributed by atoms with van der Waals surface area (Å²) in [6.07, 6.45) is 5.76. The molecule has 1 unspecified atom stereocenters. The molecule has 20 heavy (non-hydrogen) atoms. The van der Waals surface area contributed by atoms with Gasteiger partial charge in [-0.1, -0.05) is 12.5 Å². The maximum Gasteiger partial charge on any atom is 0.223 e. The Balaban J connectivity index is 0.00000147. The average molecular weight is 315 g/mol. The van der Waals surface area contributed by atoms with Crippen LogP contribution in [0.2, 0.25) is 0 Å². The van der Waals surface area contributed by atoms with Gasteiger partial charge in [-0.2, -0.15) is 0 Å². The summed E-state index contributed by atoms with van der Waals surface area (Å²) < 4.78 is 0. The second-order valence-corrected chi connectivity index (χ2v) is 6.85. The molecule has 1 amide bonds. The minimum Gasteiger partial charge on any atom is -0.348 e. The van der Waals surface area contributed by atoms with E-state index in [2.05, 4.69) is 22.8 Å². The number of nitrogens with two attached hydrogens (primary N) is 1. The van der Waals surface area contributed by atoms with Gasteiger partial charge < -0.3 is 11.1 Å². The van der Waals surface area contributed by atoms with Gasteiger partial charge in [0.1, 0.15) is 0 Å². The Morgan fingerprint density at radius 1 is 1.40 bits per heavy atom. The predicted octanol–water partition coefficient (Wildman–Crippen LogP) is 3.11. The summed E-state index contributed by atoms with van der Waals surface area (Å²) in [5.41, 5.74) is 5.78. The van der Waals surface area contributed by atoms with Crippen molar-refractivity contribution in [1.29, 1.82) is 0 Å². The highest BCUT2D eigenvalue weighted by molar-refractivity contribution is 7.10. The Morgan fingerprint density at radius 3 is 2.80 bits per heavy atom. The molecule has 5 heteroatoms. The molecule has 2 saturated carbocycles. The van der Waals surface area contributed by atoms with Gasteiger partial charge >= 0.3 is 0 Å². The van der Waals surface area contributed by atoms with E-state index in [1.54, 1.807) is 11.3 Å². The molecule has 0 spiro atoms. The van der Waals surface area contributed by atoms with Crippen LogP contribution in [0.4, 0.5) is 0 Å². The number of hydrogen-bond donors (Lipinski definition) is 2. The number of hydrogen-bond acceptors (Lipinski definition) is 3. The second-order valence-electron chi connectivity index (χ2n) is 5.87. The van der Waals surface area contributed by atoms with Crippen molar-refractivity contribution in [1.82, 2.24) is 5.32 Å². The van der Waals surface area contributed by atoms with Gasteiger partial charge in [-0.15, -0.1) is 23.7 Å². The standard InChI is InChI=1S/C15H22N2OS.ClH/c16-9-11-3-1-4-12(11)15(18)17-14(10-6-7-10)13-5-2-8-19-13;/h2,5,8,10-12,14H,1,3-4,6-7,9,16H2,(H,17,18);1H/t11-,12-,14?;/m1./s1. The van der Waals surface area contributed by atoms with Crippen molar-refractivity contribution in [3.05, 3.63) is 22.4 Å². The van der Waals surface area contributed by atoms with Crippen molar-refractivity contribution in [2.75, 3.05) is 6.54 Å². The molecule has 0 radical (unpaired) electrons. The van der Waals surface area contributed by atoms with Crippen molar-refractivity contribution in [3.8, 4) is 0 Å². The second kappa shape index (κ2) is 6.92. The van der Waals surface area contributed by atoms with E-state index >= 15 is 0 Å². The van der Waals surface area contributed by atoms with Crippen molar-refractivity contribution < 1.29 is 4.79 Å². The summed E-state index contributed by atoms with van der Waals surface area (Å²) in [6.45, 7) is 0.644. The van der Waals surface area contributed by atoms with Gasteiger partial charge in [0.05, 0.1) is 6.04 Å². The van der Waals surface area contributed by atoms with Crippen LogP contribution in [0, 0.1) is 17.8 Å². The van der Waals surface area contributed by atoms with Crippen molar-refractivity contribution in [2.24, 2.45) is 23.5 Å².